The fraction of sp³-hybridized carbons (Fsp3) is 0.556. The van der Waals surface area contributed by atoms with E-state index < -0.39 is 30.1 Å². The van der Waals surface area contributed by atoms with E-state index in [1.165, 1.54) is 12.1 Å². The average molecular weight is 353 g/mol. The predicted octanol–water partition coefficient (Wildman–Crippen LogP) is 3.38. The highest BCUT2D eigenvalue weighted by Crippen LogP contribution is 2.38. The first kappa shape index (κ1) is 18.5. The standard InChI is InChI=1S/C18H23BF3NO2/c1-16(2)17(3,4)25-19(24-16)15-6-5-13(18(20,21)22)11-14(15)12-7-9-23-10-8-12/h5-7,11,23H,8-10H2,1-4H3. The summed E-state index contributed by atoms with van der Waals surface area (Å²) in [5.74, 6) is 0. The summed E-state index contributed by atoms with van der Waals surface area (Å²) in [6.07, 6.45) is -1.77. The third-order valence-corrected chi connectivity index (χ3v) is 5.30. The van der Waals surface area contributed by atoms with Crippen molar-refractivity contribution in [3.63, 3.8) is 0 Å². The number of benzene rings is 1. The van der Waals surface area contributed by atoms with Gasteiger partial charge in [-0.25, -0.2) is 0 Å². The Labute approximate surface area is 146 Å². The van der Waals surface area contributed by atoms with Crippen LogP contribution in [0.15, 0.2) is 24.3 Å². The number of nitrogens with one attached hydrogen (secondary N) is 1. The molecule has 2 aliphatic heterocycles. The smallest absolute Gasteiger partial charge is 0.399 e. The third-order valence-electron chi connectivity index (χ3n) is 5.30. The number of hydrogen-bond acceptors (Lipinski definition) is 3. The maximum absolute atomic E-state index is 13.2. The summed E-state index contributed by atoms with van der Waals surface area (Å²) in [4.78, 5) is 0. The topological polar surface area (TPSA) is 30.5 Å². The molecule has 0 aromatic heterocycles. The van der Waals surface area contributed by atoms with Crippen molar-refractivity contribution in [1.82, 2.24) is 5.32 Å². The first-order valence-electron chi connectivity index (χ1n) is 8.48. The number of rotatable bonds is 2. The molecular weight excluding hydrogens is 330 g/mol. The van der Waals surface area contributed by atoms with E-state index in [1.54, 1.807) is 0 Å². The Balaban J connectivity index is 2.06. The lowest BCUT2D eigenvalue weighted by Gasteiger charge is -2.32. The lowest BCUT2D eigenvalue weighted by Crippen LogP contribution is -2.41. The van der Waals surface area contributed by atoms with Gasteiger partial charge in [0.25, 0.3) is 0 Å². The molecule has 2 aliphatic rings. The van der Waals surface area contributed by atoms with Gasteiger partial charge in [0.2, 0.25) is 0 Å². The summed E-state index contributed by atoms with van der Waals surface area (Å²) < 4.78 is 51.7. The Bertz CT molecular complexity index is 682. The molecule has 0 saturated carbocycles. The van der Waals surface area contributed by atoms with Crippen LogP contribution in [0.25, 0.3) is 5.57 Å². The van der Waals surface area contributed by atoms with Crippen molar-refractivity contribution < 1.29 is 22.5 Å². The minimum atomic E-state index is -4.38. The van der Waals surface area contributed by atoms with E-state index in [-0.39, 0.29) is 0 Å². The van der Waals surface area contributed by atoms with E-state index in [4.69, 9.17) is 9.31 Å². The molecule has 0 radical (unpaired) electrons. The van der Waals surface area contributed by atoms with Gasteiger partial charge in [-0.2, -0.15) is 13.2 Å². The van der Waals surface area contributed by atoms with E-state index in [1.807, 2.05) is 33.8 Å². The Morgan fingerprint density at radius 2 is 1.72 bits per heavy atom. The number of alkyl halides is 3. The Morgan fingerprint density at radius 3 is 2.24 bits per heavy atom. The summed E-state index contributed by atoms with van der Waals surface area (Å²) in [7, 11) is -0.682. The van der Waals surface area contributed by atoms with Crippen molar-refractivity contribution in [3.8, 4) is 0 Å². The molecule has 3 rings (SSSR count). The summed E-state index contributed by atoms with van der Waals surface area (Å²) in [5.41, 5.74) is 0.381. The summed E-state index contributed by atoms with van der Waals surface area (Å²) in [6.45, 7) is 9.11. The largest absolute Gasteiger partial charge is 0.495 e. The fourth-order valence-corrected chi connectivity index (χ4v) is 3.05. The van der Waals surface area contributed by atoms with Crippen molar-refractivity contribution >= 4 is 18.2 Å². The molecular formula is C18H23BF3NO2. The highest BCUT2D eigenvalue weighted by molar-refractivity contribution is 6.63. The van der Waals surface area contributed by atoms with Gasteiger partial charge in [-0.3, -0.25) is 0 Å². The van der Waals surface area contributed by atoms with Gasteiger partial charge < -0.3 is 14.6 Å². The van der Waals surface area contributed by atoms with Crippen LogP contribution in [0, 0.1) is 0 Å². The van der Waals surface area contributed by atoms with Crippen LogP contribution in [0.5, 0.6) is 0 Å². The molecule has 0 amide bonds. The Hall–Kier alpha value is -1.31. The maximum atomic E-state index is 13.2. The number of halogens is 3. The van der Waals surface area contributed by atoms with Gasteiger partial charge in [0, 0.05) is 6.54 Å². The van der Waals surface area contributed by atoms with Crippen LogP contribution in [0.1, 0.15) is 45.2 Å². The molecule has 3 nitrogen and oxygen atoms in total. The van der Waals surface area contributed by atoms with Crippen LogP contribution in [-0.2, 0) is 15.5 Å². The van der Waals surface area contributed by atoms with Crippen LogP contribution >= 0.6 is 0 Å². The van der Waals surface area contributed by atoms with E-state index in [2.05, 4.69) is 5.32 Å². The molecule has 136 valence electrons. The van der Waals surface area contributed by atoms with Gasteiger partial charge in [-0.15, -0.1) is 0 Å². The van der Waals surface area contributed by atoms with Crippen LogP contribution in [-0.4, -0.2) is 31.4 Å². The summed E-state index contributed by atoms with van der Waals surface area (Å²) in [6, 6.07) is 3.81. The minimum Gasteiger partial charge on any atom is -0.399 e. The van der Waals surface area contributed by atoms with Gasteiger partial charge in [0.1, 0.15) is 0 Å². The molecule has 2 heterocycles. The van der Waals surface area contributed by atoms with Crippen molar-refractivity contribution in [1.29, 1.82) is 0 Å². The zero-order valence-electron chi connectivity index (χ0n) is 15.0. The van der Waals surface area contributed by atoms with Crippen molar-refractivity contribution in [2.75, 3.05) is 13.1 Å². The van der Waals surface area contributed by atoms with Gasteiger partial charge in [0.05, 0.1) is 16.8 Å². The van der Waals surface area contributed by atoms with Crippen molar-refractivity contribution in [2.24, 2.45) is 0 Å². The van der Waals surface area contributed by atoms with Crippen LogP contribution < -0.4 is 10.8 Å². The molecule has 1 N–H and O–H groups in total. The molecule has 1 aromatic rings. The Kier molecular flexibility index (Phi) is 4.54. The molecule has 1 saturated heterocycles. The first-order valence-corrected chi connectivity index (χ1v) is 8.48. The molecule has 0 spiro atoms. The molecule has 0 atom stereocenters. The maximum Gasteiger partial charge on any atom is 0.495 e. The molecule has 7 heteroatoms. The first-order chi connectivity index (χ1) is 11.5. The molecule has 0 aliphatic carbocycles. The zero-order valence-corrected chi connectivity index (χ0v) is 15.0. The lowest BCUT2D eigenvalue weighted by molar-refractivity contribution is -0.137. The molecule has 25 heavy (non-hydrogen) atoms. The molecule has 0 unspecified atom stereocenters. The van der Waals surface area contributed by atoms with Crippen LogP contribution in [0.3, 0.4) is 0 Å². The summed E-state index contributed by atoms with van der Waals surface area (Å²) >= 11 is 0. The van der Waals surface area contributed by atoms with E-state index in [9.17, 15) is 13.2 Å². The van der Waals surface area contributed by atoms with Crippen LogP contribution in [0.4, 0.5) is 13.2 Å². The second-order valence-corrected chi connectivity index (χ2v) is 7.57. The predicted molar refractivity (Wildman–Crippen MR) is 92.6 cm³/mol. The van der Waals surface area contributed by atoms with Gasteiger partial charge in [-0.05, 0) is 63.3 Å². The zero-order chi connectivity index (χ0) is 18.5. The average Bonchev–Trinajstić information content (AvgIpc) is 2.75. The van der Waals surface area contributed by atoms with Gasteiger partial charge in [0.15, 0.2) is 0 Å². The van der Waals surface area contributed by atoms with Crippen molar-refractivity contribution in [2.45, 2.75) is 51.5 Å². The monoisotopic (exact) mass is 353 g/mol. The highest BCUT2D eigenvalue weighted by atomic mass is 19.4. The minimum absolute atomic E-state index is 0.542. The molecule has 0 bridgehead atoms. The van der Waals surface area contributed by atoms with Crippen LogP contribution in [0.2, 0.25) is 0 Å². The second-order valence-electron chi connectivity index (χ2n) is 7.57. The van der Waals surface area contributed by atoms with Gasteiger partial charge >= 0.3 is 13.3 Å². The number of hydrogen-bond donors (Lipinski definition) is 1. The highest BCUT2D eigenvalue weighted by Gasteiger charge is 2.52. The van der Waals surface area contributed by atoms with E-state index >= 15 is 0 Å². The normalized spacial score (nSPS) is 22.8. The van der Waals surface area contributed by atoms with E-state index in [0.717, 1.165) is 18.2 Å². The fourth-order valence-electron chi connectivity index (χ4n) is 3.05. The molecule has 1 fully saturated rings. The Morgan fingerprint density at radius 1 is 1.08 bits per heavy atom. The lowest BCUT2D eigenvalue weighted by atomic mass is 9.73. The quantitative estimate of drug-likeness (QED) is 0.827. The SMILES string of the molecule is CC1(C)OB(c2ccc(C(F)(F)F)cc2C2=CCNCC2)OC1(C)C. The summed E-state index contributed by atoms with van der Waals surface area (Å²) in [5, 5.41) is 3.18. The molecule has 1 aromatic carbocycles. The third kappa shape index (κ3) is 3.50. The van der Waals surface area contributed by atoms with Crippen molar-refractivity contribution in [3.05, 3.63) is 35.4 Å². The van der Waals surface area contributed by atoms with E-state index in [0.29, 0.717) is 24.0 Å². The second kappa shape index (κ2) is 6.14. The van der Waals surface area contributed by atoms with Gasteiger partial charge in [-0.1, -0.05) is 18.2 Å².